The molecule has 1 aromatic carbocycles. The number of ether oxygens (including phenoxy) is 2. The molecule has 4 nitrogen and oxygen atoms in total. The number of nitrogens with zero attached hydrogens (tertiary/aromatic N) is 1. The van der Waals surface area contributed by atoms with Crippen molar-refractivity contribution in [1.82, 2.24) is 4.98 Å². The van der Waals surface area contributed by atoms with Gasteiger partial charge in [0.2, 0.25) is 0 Å². The largest absolute Gasteiger partial charge is 0.493 e. The van der Waals surface area contributed by atoms with Gasteiger partial charge in [-0.1, -0.05) is 13.3 Å². The van der Waals surface area contributed by atoms with Crippen molar-refractivity contribution in [2.75, 3.05) is 26.1 Å². The van der Waals surface area contributed by atoms with E-state index in [-0.39, 0.29) is 0 Å². The van der Waals surface area contributed by atoms with Crippen molar-refractivity contribution in [2.24, 2.45) is 0 Å². The number of aryl methyl sites for hydroxylation is 1. The summed E-state index contributed by atoms with van der Waals surface area (Å²) in [6.45, 7) is 5.24. The highest BCUT2D eigenvalue weighted by molar-refractivity contribution is 7.16. The van der Waals surface area contributed by atoms with Gasteiger partial charge in [-0.2, -0.15) is 0 Å². The summed E-state index contributed by atoms with van der Waals surface area (Å²) in [5, 5.41) is 4.36. The zero-order valence-electron chi connectivity index (χ0n) is 13.0. The molecule has 0 amide bonds. The van der Waals surface area contributed by atoms with E-state index in [9.17, 15) is 0 Å². The molecule has 114 valence electrons. The van der Waals surface area contributed by atoms with Crippen LogP contribution in [0.15, 0.2) is 18.2 Å². The van der Waals surface area contributed by atoms with E-state index in [1.165, 1.54) is 11.3 Å². The maximum Gasteiger partial charge on any atom is 0.183 e. The number of hydrogen-bond acceptors (Lipinski definition) is 5. The molecule has 5 heteroatoms. The fraction of sp³-hybridized carbons (Fsp3) is 0.438. The van der Waals surface area contributed by atoms with Crippen LogP contribution in [0.5, 0.6) is 11.5 Å². The molecular weight excluding hydrogens is 284 g/mol. The van der Waals surface area contributed by atoms with Crippen LogP contribution in [0.3, 0.4) is 0 Å². The Labute approximate surface area is 130 Å². The van der Waals surface area contributed by atoms with Gasteiger partial charge in [0, 0.05) is 17.0 Å². The average molecular weight is 306 g/mol. The number of benzene rings is 1. The number of rotatable bonds is 7. The van der Waals surface area contributed by atoms with Crippen LogP contribution < -0.4 is 14.8 Å². The Bertz CT molecular complexity index is 596. The van der Waals surface area contributed by atoms with Gasteiger partial charge in [-0.25, -0.2) is 4.98 Å². The first-order valence-electron chi connectivity index (χ1n) is 7.13. The molecule has 21 heavy (non-hydrogen) atoms. The molecule has 1 heterocycles. The predicted octanol–water partition coefficient (Wildman–Crippen LogP) is 4.35. The molecule has 0 aliphatic heterocycles. The fourth-order valence-corrected chi connectivity index (χ4v) is 2.96. The number of aromatic nitrogens is 1. The summed E-state index contributed by atoms with van der Waals surface area (Å²) in [6, 6.07) is 5.90. The lowest BCUT2D eigenvalue weighted by Gasteiger charge is -2.08. The fourth-order valence-electron chi connectivity index (χ4n) is 2.10. The number of unbranched alkanes of at least 4 members (excludes halogenated alkanes) is 1. The normalized spacial score (nSPS) is 10.5. The van der Waals surface area contributed by atoms with Crippen LogP contribution in [-0.2, 0) is 0 Å². The number of methoxy groups -OCH3 is 2. The second kappa shape index (κ2) is 7.31. The molecule has 2 rings (SSSR count). The maximum atomic E-state index is 5.36. The van der Waals surface area contributed by atoms with Crippen LogP contribution in [0.4, 0.5) is 5.13 Å². The van der Waals surface area contributed by atoms with Gasteiger partial charge in [0.05, 0.1) is 19.9 Å². The van der Waals surface area contributed by atoms with E-state index in [1.807, 2.05) is 18.2 Å². The molecule has 0 bridgehead atoms. The standard InChI is InChI=1S/C16H22N2O2S/c1-5-6-9-17-16-18-15(11(2)21-16)12-7-8-13(19-3)14(10-12)20-4/h7-8,10H,5-6,9H2,1-4H3,(H,17,18). The second-order valence-corrected chi connectivity index (χ2v) is 5.98. The first-order chi connectivity index (χ1) is 10.2. The zero-order chi connectivity index (χ0) is 15.2. The van der Waals surface area contributed by atoms with Crippen molar-refractivity contribution in [2.45, 2.75) is 26.7 Å². The van der Waals surface area contributed by atoms with Gasteiger partial charge in [0.1, 0.15) is 0 Å². The van der Waals surface area contributed by atoms with Gasteiger partial charge in [-0.3, -0.25) is 0 Å². The summed E-state index contributed by atoms with van der Waals surface area (Å²) in [7, 11) is 3.29. The molecule has 0 atom stereocenters. The molecule has 0 aliphatic carbocycles. The maximum absolute atomic E-state index is 5.36. The number of thiazole rings is 1. The van der Waals surface area contributed by atoms with E-state index < -0.39 is 0 Å². The lowest BCUT2D eigenvalue weighted by atomic mass is 10.1. The molecule has 0 saturated carbocycles. The van der Waals surface area contributed by atoms with Gasteiger partial charge in [0.25, 0.3) is 0 Å². The number of anilines is 1. The Kier molecular flexibility index (Phi) is 5.44. The lowest BCUT2D eigenvalue weighted by molar-refractivity contribution is 0.355. The van der Waals surface area contributed by atoms with Crippen molar-refractivity contribution in [3.8, 4) is 22.8 Å². The third-order valence-electron chi connectivity index (χ3n) is 3.26. The molecule has 0 saturated heterocycles. The lowest BCUT2D eigenvalue weighted by Crippen LogP contribution is -1.99. The summed E-state index contributed by atoms with van der Waals surface area (Å²) in [6.07, 6.45) is 2.34. The average Bonchev–Trinajstić information content (AvgIpc) is 2.87. The molecule has 0 spiro atoms. The Hall–Kier alpha value is -1.75. The van der Waals surface area contributed by atoms with Crippen LogP contribution in [0.2, 0.25) is 0 Å². The van der Waals surface area contributed by atoms with Crippen LogP contribution >= 0.6 is 11.3 Å². The highest BCUT2D eigenvalue weighted by Gasteiger charge is 2.12. The van der Waals surface area contributed by atoms with E-state index in [1.54, 1.807) is 25.6 Å². The van der Waals surface area contributed by atoms with E-state index in [0.717, 1.165) is 40.9 Å². The Morgan fingerprint density at radius 2 is 1.95 bits per heavy atom. The van der Waals surface area contributed by atoms with Crippen molar-refractivity contribution in [3.63, 3.8) is 0 Å². The molecular formula is C16H22N2O2S. The summed E-state index contributed by atoms with van der Waals surface area (Å²) < 4.78 is 10.6. The second-order valence-electron chi connectivity index (χ2n) is 4.77. The van der Waals surface area contributed by atoms with Gasteiger partial charge >= 0.3 is 0 Å². The first kappa shape index (κ1) is 15.6. The summed E-state index contributed by atoms with van der Waals surface area (Å²) >= 11 is 1.69. The summed E-state index contributed by atoms with van der Waals surface area (Å²) in [5.74, 6) is 1.46. The van der Waals surface area contributed by atoms with E-state index in [0.29, 0.717) is 0 Å². The van der Waals surface area contributed by atoms with Gasteiger partial charge < -0.3 is 14.8 Å². The monoisotopic (exact) mass is 306 g/mol. The predicted molar refractivity (Wildman–Crippen MR) is 88.8 cm³/mol. The van der Waals surface area contributed by atoms with E-state index in [2.05, 4.69) is 19.2 Å². The van der Waals surface area contributed by atoms with Crippen molar-refractivity contribution < 1.29 is 9.47 Å². The number of nitrogens with one attached hydrogen (secondary N) is 1. The molecule has 2 aromatic rings. The Morgan fingerprint density at radius 1 is 1.19 bits per heavy atom. The minimum Gasteiger partial charge on any atom is -0.493 e. The Balaban J connectivity index is 2.25. The van der Waals surface area contributed by atoms with Crippen LogP contribution in [0.1, 0.15) is 24.6 Å². The van der Waals surface area contributed by atoms with Crippen molar-refractivity contribution in [1.29, 1.82) is 0 Å². The molecule has 0 unspecified atom stereocenters. The summed E-state index contributed by atoms with van der Waals surface area (Å²) in [4.78, 5) is 5.89. The third-order valence-corrected chi connectivity index (χ3v) is 4.19. The zero-order valence-corrected chi connectivity index (χ0v) is 13.8. The third kappa shape index (κ3) is 3.67. The van der Waals surface area contributed by atoms with E-state index in [4.69, 9.17) is 14.5 Å². The molecule has 1 N–H and O–H groups in total. The SMILES string of the molecule is CCCCNc1nc(-c2ccc(OC)c(OC)c2)c(C)s1. The van der Waals surface area contributed by atoms with Gasteiger partial charge in [-0.15, -0.1) is 11.3 Å². The minimum atomic E-state index is 0.725. The summed E-state index contributed by atoms with van der Waals surface area (Å²) in [5.41, 5.74) is 2.05. The minimum absolute atomic E-state index is 0.725. The van der Waals surface area contributed by atoms with Crippen LogP contribution in [0.25, 0.3) is 11.3 Å². The molecule has 0 radical (unpaired) electrons. The van der Waals surface area contributed by atoms with Crippen LogP contribution in [-0.4, -0.2) is 25.7 Å². The van der Waals surface area contributed by atoms with Gasteiger partial charge in [0.15, 0.2) is 16.6 Å². The first-order valence-corrected chi connectivity index (χ1v) is 7.95. The molecule has 1 aromatic heterocycles. The smallest absolute Gasteiger partial charge is 0.183 e. The van der Waals surface area contributed by atoms with Gasteiger partial charge in [-0.05, 0) is 31.5 Å². The topological polar surface area (TPSA) is 43.4 Å². The van der Waals surface area contributed by atoms with Crippen molar-refractivity contribution >= 4 is 16.5 Å². The Morgan fingerprint density at radius 3 is 2.62 bits per heavy atom. The molecule has 0 fully saturated rings. The highest BCUT2D eigenvalue weighted by Crippen LogP contribution is 2.35. The van der Waals surface area contributed by atoms with E-state index >= 15 is 0 Å². The quantitative estimate of drug-likeness (QED) is 0.772. The highest BCUT2D eigenvalue weighted by atomic mass is 32.1. The molecule has 0 aliphatic rings. The van der Waals surface area contributed by atoms with Crippen molar-refractivity contribution in [3.05, 3.63) is 23.1 Å². The van der Waals surface area contributed by atoms with Crippen LogP contribution in [0, 0.1) is 6.92 Å². The number of hydrogen-bond donors (Lipinski definition) is 1.